The van der Waals surface area contributed by atoms with Gasteiger partial charge in [0.25, 0.3) is 0 Å². The Balaban J connectivity index is 2.02. The van der Waals surface area contributed by atoms with E-state index < -0.39 is 55.2 Å². The molecule has 0 saturated heterocycles. The number of nitrogens with zero attached hydrogens (tertiary/aromatic N) is 2. The number of rotatable bonds is 20. The van der Waals surface area contributed by atoms with Gasteiger partial charge < -0.3 is 35.7 Å². The lowest BCUT2D eigenvalue weighted by Crippen LogP contribution is -2.44. The highest BCUT2D eigenvalue weighted by Gasteiger charge is 2.36. The van der Waals surface area contributed by atoms with Crippen molar-refractivity contribution in [3.05, 3.63) is 83.7 Å². The predicted molar refractivity (Wildman–Crippen MR) is 211 cm³/mol. The number of thioether (sulfide) groups is 1. The lowest BCUT2D eigenvalue weighted by atomic mass is 9.78. The predicted octanol–water partition coefficient (Wildman–Crippen LogP) is 7.02. The molecule has 1 aromatic heterocycles. The number of aliphatic carboxylic acids is 2. The van der Waals surface area contributed by atoms with Crippen molar-refractivity contribution in [1.29, 1.82) is 0 Å². The molecule has 3 aromatic rings. The second-order valence-electron chi connectivity index (χ2n) is 15.7. The summed E-state index contributed by atoms with van der Waals surface area (Å²) in [5.74, 6) is -3.55. The maximum atomic E-state index is 15.1. The van der Waals surface area contributed by atoms with Crippen LogP contribution in [0, 0.1) is 17.0 Å². The third-order valence-corrected chi connectivity index (χ3v) is 11.7. The number of alkyl carbamates (subject to hydrolysis) is 1. The minimum atomic E-state index is -1.50. The maximum absolute atomic E-state index is 15.1. The first-order chi connectivity index (χ1) is 25.2. The monoisotopic (exact) mass is 789 g/mol. The molecule has 15 heteroatoms. The van der Waals surface area contributed by atoms with Crippen LogP contribution in [-0.4, -0.2) is 99.8 Å². The van der Waals surface area contributed by atoms with Crippen LogP contribution in [0.3, 0.4) is 0 Å². The number of carboxylic acids is 2. The van der Waals surface area contributed by atoms with Gasteiger partial charge in [0.15, 0.2) is 6.54 Å². The van der Waals surface area contributed by atoms with E-state index in [0.29, 0.717) is 17.9 Å². The molecule has 0 bridgehead atoms. The van der Waals surface area contributed by atoms with Crippen LogP contribution in [-0.2, 0) is 20.9 Å². The standard InChI is InChI=1S/C39H54F2N4O7SSi/c1-39(2,3)30(34-20-27(29-21-28(40)12-13-31(29)41)23-45(34)22-26-10-8-7-9-11-26)24-44(35(46)25-53-18-15-32(42)36(47)48)16-14-33(37(49)50)43-38(51)52-17-19-54(4,5)6/h7-13,20-21,23,30,32-33H,14-19,22,24-25,42H2,1-6H3,(H3,43,47,48,49,50,51)/p+1/t30-,32?,33?/m0/s1. The molecule has 3 rings (SSSR count). The Morgan fingerprint density at radius 2 is 1.69 bits per heavy atom. The molecule has 0 radical (unpaired) electrons. The molecule has 0 saturated carbocycles. The molecule has 0 aliphatic carbocycles. The molecule has 54 heavy (non-hydrogen) atoms. The van der Waals surface area contributed by atoms with E-state index in [9.17, 15) is 29.0 Å². The Morgan fingerprint density at radius 3 is 2.30 bits per heavy atom. The van der Waals surface area contributed by atoms with Gasteiger partial charge in [0.05, 0.1) is 12.5 Å². The van der Waals surface area contributed by atoms with E-state index in [1.54, 1.807) is 10.8 Å². The van der Waals surface area contributed by atoms with Crippen molar-refractivity contribution in [1.82, 2.24) is 9.88 Å². The number of aliphatic hydroxyl groups is 1. The molecule has 3 atom stereocenters. The third-order valence-electron chi connectivity index (χ3n) is 9.02. The fraction of sp³-hybridized carbons (Fsp3) is 0.487. The lowest BCUT2D eigenvalue weighted by molar-refractivity contribution is -0.541. The number of aromatic nitrogens is 1. The normalized spacial score (nSPS) is 14.2. The number of carbonyl (C=O) groups excluding carboxylic acids is 1. The number of hydrogen-bond acceptors (Lipinski definition) is 6. The zero-order valence-corrected chi connectivity index (χ0v) is 33.8. The number of nitrogens with one attached hydrogen (secondary N) is 1. The molecule has 0 spiro atoms. The van der Waals surface area contributed by atoms with Crippen LogP contribution in [0.25, 0.3) is 11.1 Å². The van der Waals surface area contributed by atoms with Gasteiger partial charge in [0, 0.05) is 44.1 Å². The van der Waals surface area contributed by atoms with Crippen molar-refractivity contribution in [3.63, 3.8) is 0 Å². The number of halogens is 2. The SMILES string of the molecule is CC(C)(C)[C@@H](C[N+](CCC(NC(=O)OCC[Si](C)(C)C)C(=O)O)=C(O)CSCCC(N)C(=O)O)c1cc(-c2cc(F)ccc2F)cn1Cc1ccccc1. The number of hydrogen-bond donors (Lipinski definition) is 5. The zero-order valence-electron chi connectivity index (χ0n) is 32.0. The Labute approximate surface area is 321 Å². The largest absolute Gasteiger partial charge is 0.480 e. The van der Waals surface area contributed by atoms with Gasteiger partial charge in [-0.05, 0) is 53.5 Å². The number of aliphatic hydroxyl groups excluding tert-OH is 1. The summed E-state index contributed by atoms with van der Waals surface area (Å²) in [5.41, 5.74) is 7.52. The average Bonchev–Trinajstić information content (AvgIpc) is 3.48. The van der Waals surface area contributed by atoms with Gasteiger partial charge in [-0.2, -0.15) is 0 Å². The number of ether oxygens (including phenoxy) is 1. The molecule has 0 aliphatic heterocycles. The van der Waals surface area contributed by atoms with Crippen LogP contribution in [0.2, 0.25) is 25.7 Å². The molecular formula is C39H55F2N4O7SSi+. The quantitative estimate of drug-likeness (QED) is 0.0266. The number of nitrogens with two attached hydrogens (primary N) is 1. The van der Waals surface area contributed by atoms with E-state index in [0.717, 1.165) is 35.5 Å². The van der Waals surface area contributed by atoms with Gasteiger partial charge >= 0.3 is 23.9 Å². The summed E-state index contributed by atoms with van der Waals surface area (Å²) in [5, 5.41) is 33.2. The van der Waals surface area contributed by atoms with Crippen molar-refractivity contribution in [2.45, 2.75) is 83.8 Å². The lowest BCUT2D eigenvalue weighted by Gasteiger charge is -2.30. The highest BCUT2D eigenvalue weighted by molar-refractivity contribution is 7.99. The molecule has 2 aromatic carbocycles. The Bertz CT molecular complexity index is 1760. The van der Waals surface area contributed by atoms with Gasteiger partial charge in [0.1, 0.15) is 36.0 Å². The second-order valence-corrected chi connectivity index (χ2v) is 22.5. The first-order valence-electron chi connectivity index (χ1n) is 18.0. The highest BCUT2D eigenvalue weighted by Crippen LogP contribution is 2.39. The van der Waals surface area contributed by atoms with E-state index >= 15 is 4.39 Å². The van der Waals surface area contributed by atoms with Crippen LogP contribution in [0.4, 0.5) is 13.6 Å². The van der Waals surface area contributed by atoms with Gasteiger partial charge in [-0.25, -0.2) is 22.9 Å². The second kappa shape index (κ2) is 19.9. The van der Waals surface area contributed by atoms with Crippen molar-refractivity contribution >= 4 is 43.8 Å². The van der Waals surface area contributed by atoms with Gasteiger partial charge in [-0.3, -0.25) is 4.79 Å². The van der Waals surface area contributed by atoms with Crippen molar-refractivity contribution < 1.29 is 47.8 Å². The molecule has 0 fully saturated rings. The number of carboxylic acid groups (broad SMARTS) is 2. The van der Waals surface area contributed by atoms with E-state index in [2.05, 4.69) is 25.0 Å². The van der Waals surface area contributed by atoms with Crippen LogP contribution < -0.4 is 11.1 Å². The topological polar surface area (TPSA) is 167 Å². The van der Waals surface area contributed by atoms with E-state index in [1.165, 1.54) is 11.8 Å². The smallest absolute Gasteiger partial charge is 0.407 e. The van der Waals surface area contributed by atoms with Crippen LogP contribution in [0.1, 0.15) is 50.8 Å². The Kier molecular flexibility index (Phi) is 16.3. The summed E-state index contributed by atoms with van der Waals surface area (Å²) in [4.78, 5) is 36.1. The van der Waals surface area contributed by atoms with Gasteiger partial charge in [-0.1, -0.05) is 70.7 Å². The van der Waals surface area contributed by atoms with Crippen LogP contribution in [0.5, 0.6) is 0 Å². The Morgan fingerprint density at radius 1 is 1.00 bits per heavy atom. The fourth-order valence-corrected chi connectivity index (χ4v) is 7.37. The molecular weight excluding hydrogens is 735 g/mol. The molecule has 11 nitrogen and oxygen atoms in total. The van der Waals surface area contributed by atoms with Crippen molar-refractivity contribution in [2.24, 2.45) is 11.1 Å². The van der Waals surface area contributed by atoms with Crippen LogP contribution >= 0.6 is 11.8 Å². The first-order valence-corrected chi connectivity index (χ1v) is 22.8. The molecule has 0 aliphatic rings. The summed E-state index contributed by atoms with van der Waals surface area (Å²) < 4.78 is 38.4. The molecule has 1 heterocycles. The van der Waals surface area contributed by atoms with E-state index in [-0.39, 0.29) is 55.7 Å². The number of amides is 1. The zero-order chi connectivity index (χ0) is 40.2. The summed E-state index contributed by atoms with van der Waals surface area (Å²) in [6.07, 6.45) is 1.04. The number of carbonyl (C=O) groups is 3. The van der Waals surface area contributed by atoms with Gasteiger partial charge in [0.2, 0.25) is 0 Å². The summed E-state index contributed by atoms with van der Waals surface area (Å²) in [6.45, 7) is 13.3. The minimum Gasteiger partial charge on any atom is -0.480 e. The van der Waals surface area contributed by atoms with Crippen LogP contribution in [0.15, 0.2) is 60.8 Å². The van der Waals surface area contributed by atoms with Crippen molar-refractivity contribution in [2.75, 3.05) is 31.2 Å². The summed E-state index contributed by atoms with van der Waals surface area (Å²) in [6, 6.07) is 13.1. The van der Waals surface area contributed by atoms with Crippen molar-refractivity contribution in [3.8, 4) is 11.1 Å². The minimum absolute atomic E-state index is 0.0184. The maximum Gasteiger partial charge on any atom is 0.407 e. The van der Waals surface area contributed by atoms with Gasteiger partial charge in [-0.15, -0.1) is 11.8 Å². The number of benzene rings is 2. The molecule has 296 valence electrons. The molecule has 1 amide bonds. The summed E-state index contributed by atoms with van der Waals surface area (Å²) >= 11 is 1.28. The molecule has 6 N–H and O–H groups in total. The third kappa shape index (κ3) is 14.2. The highest BCUT2D eigenvalue weighted by atomic mass is 32.2. The molecule has 2 unspecified atom stereocenters. The summed E-state index contributed by atoms with van der Waals surface area (Å²) in [7, 11) is -1.50. The fourth-order valence-electron chi connectivity index (χ4n) is 5.73. The average molecular weight is 790 g/mol. The first kappa shape index (κ1) is 44.2. The van der Waals surface area contributed by atoms with E-state index in [4.69, 9.17) is 15.6 Å². The Hall–Kier alpha value is -4.21. The van der Waals surface area contributed by atoms with E-state index in [1.807, 2.05) is 61.7 Å².